The predicted molar refractivity (Wildman–Crippen MR) is 80.0 cm³/mol. The van der Waals surface area contributed by atoms with Gasteiger partial charge in [0.25, 0.3) is 0 Å². The zero-order valence-electron chi connectivity index (χ0n) is 12.7. The Bertz CT molecular complexity index is 541. The zero-order chi connectivity index (χ0) is 15.5. The van der Waals surface area contributed by atoms with E-state index >= 15 is 0 Å². The summed E-state index contributed by atoms with van der Waals surface area (Å²) < 4.78 is 10.2. The Kier molecular flexibility index (Phi) is 4.32. The number of carbonyl (C=O) groups excluding carboxylic acids is 2. The van der Waals surface area contributed by atoms with Crippen LogP contribution in [0.3, 0.4) is 0 Å². The third-order valence-corrected chi connectivity index (χ3v) is 4.54. The highest BCUT2D eigenvalue weighted by Crippen LogP contribution is 2.43. The fraction of sp³-hybridized carbons (Fsp3) is 0.529. The van der Waals surface area contributed by atoms with Crippen molar-refractivity contribution >= 4 is 12.1 Å². The van der Waals surface area contributed by atoms with Gasteiger partial charge in [0.2, 0.25) is 0 Å². The molecule has 1 aromatic carbocycles. The van der Waals surface area contributed by atoms with Gasteiger partial charge in [-0.05, 0) is 36.7 Å². The van der Waals surface area contributed by atoms with E-state index in [-0.39, 0.29) is 12.6 Å². The van der Waals surface area contributed by atoms with Gasteiger partial charge in [-0.2, -0.15) is 0 Å². The molecule has 1 aromatic rings. The summed E-state index contributed by atoms with van der Waals surface area (Å²) in [6.07, 6.45) is 2.66. The Balaban J connectivity index is 1.62. The average molecular weight is 303 g/mol. The summed E-state index contributed by atoms with van der Waals surface area (Å²) in [7, 11) is 1.36. The molecule has 0 radical (unpaired) electrons. The number of likely N-dealkylation sites (tertiary alicyclic amines) is 1. The lowest BCUT2D eigenvalue weighted by molar-refractivity contribution is -0.145. The summed E-state index contributed by atoms with van der Waals surface area (Å²) in [5, 5.41) is 0. The molecule has 2 fully saturated rings. The van der Waals surface area contributed by atoms with Crippen LogP contribution in [0.5, 0.6) is 0 Å². The van der Waals surface area contributed by atoms with Gasteiger partial charge in [-0.15, -0.1) is 0 Å². The monoisotopic (exact) mass is 303 g/mol. The SMILES string of the molecule is COC(=O)[C@@H]1C[C@@H](C2CC2)CN1C(=O)OCc1ccccc1. The Labute approximate surface area is 130 Å². The van der Waals surface area contributed by atoms with Crippen molar-refractivity contribution in [2.75, 3.05) is 13.7 Å². The van der Waals surface area contributed by atoms with Gasteiger partial charge in [0.1, 0.15) is 12.6 Å². The highest BCUT2D eigenvalue weighted by molar-refractivity contribution is 5.82. The lowest BCUT2D eigenvalue weighted by Crippen LogP contribution is -2.41. The van der Waals surface area contributed by atoms with Gasteiger partial charge in [0.05, 0.1) is 7.11 Å². The number of nitrogens with zero attached hydrogens (tertiary/aromatic N) is 1. The van der Waals surface area contributed by atoms with Gasteiger partial charge in [-0.3, -0.25) is 4.90 Å². The maximum Gasteiger partial charge on any atom is 0.410 e. The molecule has 2 atom stereocenters. The van der Waals surface area contributed by atoms with Gasteiger partial charge < -0.3 is 9.47 Å². The molecule has 1 amide bonds. The summed E-state index contributed by atoms with van der Waals surface area (Å²) in [6.45, 7) is 0.816. The minimum absolute atomic E-state index is 0.220. The van der Waals surface area contributed by atoms with E-state index in [1.807, 2.05) is 30.3 Å². The molecule has 5 nitrogen and oxygen atoms in total. The summed E-state index contributed by atoms with van der Waals surface area (Å²) in [6, 6.07) is 9.03. The molecule has 118 valence electrons. The fourth-order valence-electron chi connectivity index (χ4n) is 3.14. The van der Waals surface area contributed by atoms with Crippen molar-refractivity contribution in [3.05, 3.63) is 35.9 Å². The molecule has 22 heavy (non-hydrogen) atoms. The molecule has 1 saturated heterocycles. The van der Waals surface area contributed by atoms with Crippen LogP contribution in [0.4, 0.5) is 4.79 Å². The van der Waals surface area contributed by atoms with Gasteiger partial charge in [-0.25, -0.2) is 9.59 Å². The van der Waals surface area contributed by atoms with Crippen LogP contribution in [0.1, 0.15) is 24.8 Å². The van der Waals surface area contributed by atoms with E-state index in [1.165, 1.54) is 24.9 Å². The first-order chi connectivity index (χ1) is 10.7. The maximum absolute atomic E-state index is 12.3. The molecule has 1 aliphatic heterocycles. The first-order valence-electron chi connectivity index (χ1n) is 7.74. The normalized spacial score (nSPS) is 24.1. The molecular weight excluding hydrogens is 282 g/mol. The molecule has 1 aliphatic carbocycles. The van der Waals surface area contributed by atoms with Crippen LogP contribution in [0.2, 0.25) is 0 Å². The third kappa shape index (κ3) is 3.24. The molecule has 2 aliphatic rings. The van der Waals surface area contributed by atoms with E-state index in [2.05, 4.69) is 0 Å². The zero-order valence-corrected chi connectivity index (χ0v) is 12.7. The summed E-state index contributed by atoms with van der Waals surface area (Å²) >= 11 is 0. The highest BCUT2D eigenvalue weighted by Gasteiger charge is 2.46. The lowest BCUT2D eigenvalue weighted by Gasteiger charge is -2.22. The molecule has 0 spiro atoms. The van der Waals surface area contributed by atoms with Gasteiger partial charge in [-0.1, -0.05) is 30.3 Å². The number of methoxy groups -OCH3 is 1. The minimum atomic E-state index is -0.501. The second kappa shape index (κ2) is 6.38. The highest BCUT2D eigenvalue weighted by atomic mass is 16.6. The predicted octanol–water partition coefficient (Wildman–Crippen LogP) is 2.60. The molecule has 1 saturated carbocycles. The molecule has 3 rings (SSSR count). The topological polar surface area (TPSA) is 55.8 Å². The largest absolute Gasteiger partial charge is 0.467 e. The molecule has 0 aromatic heterocycles. The lowest BCUT2D eigenvalue weighted by atomic mass is 10.0. The van der Waals surface area contributed by atoms with Crippen LogP contribution >= 0.6 is 0 Å². The van der Waals surface area contributed by atoms with Crippen molar-refractivity contribution < 1.29 is 19.1 Å². The van der Waals surface area contributed by atoms with E-state index in [4.69, 9.17) is 9.47 Å². The smallest absolute Gasteiger partial charge is 0.410 e. The number of benzene rings is 1. The van der Waals surface area contributed by atoms with E-state index in [0.29, 0.717) is 24.8 Å². The number of hydrogen-bond acceptors (Lipinski definition) is 4. The Hall–Kier alpha value is -2.04. The van der Waals surface area contributed by atoms with Crippen LogP contribution in [0.15, 0.2) is 30.3 Å². The van der Waals surface area contributed by atoms with E-state index in [1.54, 1.807) is 0 Å². The number of hydrogen-bond donors (Lipinski definition) is 0. The third-order valence-electron chi connectivity index (χ3n) is 4.54. The van der Waals surface area contributed by atoms with Crippen LogP contribution in [-0.2, 0) is 20.9 Å². The first-order valence-corrected chi connectivity index (χ1v) is 7.74. The fourth-order valence-corrected chi connectivity index (χ4v) is 3.14. The van der Waals surface area contributed by atoms with Crippen molar-refractivity contribution in [3.63, 3.8) is 0 Å². The Morgan fingerprint density at radius 2 is 1.91 bits per heavy atom. The van der Waals surface area contributed by atoms with E-state index in [9.17, 15) is 9.59 Å². The van der Waals surface area contributed by atoms with Crippen molar-refractivity contribution in [2.45, 2.75) is 31.9 Å². The number of ether oxygens (including phenoxy) is 2. The quantitative estimate of drug-likeness (QED) is 0.802. The number of esters is 1. The summed E-state index contributed by atoms with van der Waals surface area (Å²) in [4.78, 5) is 25.8. The van der Waals surface area contributed by atoms with Crippen molar-refractivity contribution in [1.29, 1.82) is 0 Å². The average Bonchev–Trinajstić information content (AvgIpc) is 3.31. The van der Waals surface area contributed by atoms with Gasteiger partial charge >= 0.3 is 12.1 Å². The van der Waals surface area contributed by atoms with E-state index < -0.39 is 12.1 Å². The van der Waals surface area contributed by atoms with Gasteiger partial charge in [0, 0.05) is 6.54 Å². The number of amides is 1. The molecule has 0 bridgehead atoms. The number of carbonyl (C=O) groups is 2. The van der Waals surface area contributed by atoms with Gasteiger partial charge in [0.15, 0.2) is 0 Å². The van der Waals surface area contributed by atoms with E-state index in [0.717, 1.165) is 5.56 Å². The molecule has 0 N–H and O–H groups in total. The van der Waals surface area contributed by atoms with Crippen LogP contribution in [0, 0.1) is 11.8 Å². The molecule has 1 heterocycles. The van der Waals surface area contributed by atoms with Crippen LogP contribution < -0.4 is 0 Å². The van der Waals surface area contributed by atoms with Crippen molar-refractivity contribution in [3.8, 4) is 0 Å². The Morgan fingerprint density at radius 1 is 1.18 bits per heavy atom. The Morgan fingerprint density at radius 3 is 2.55 bits per heavy atom. The minimum Gasteiger partial charge on any atom is -0.467 e. The molecule has 0 unspecified atom stereocenters. The second-order valence-corrected chi connectivity index (χ2v) is 6.06. The summed E-state index contributed by atoms with van der Waals surface area (Å²) in [5.41, 5.74) is 0.934. The summed E-state index contributed by atoms with van der Waals surface area (Å²) in [5.74, 6) is 0.701. The standard InChI is InChI=1S/C17H21NO4/c1-21-16(19)15-9-14(13-7-8-13)10-18(15)17(20)22-11-12-5-3-2-4-6-12/h2-6,13-15H,7-11H2,1H3/t14-,15+/m1/s1. The van der Waals surface area contributed by atoms with Crippen molar-refractivity contribution in [1.82, 2.24) is 4.90 Å². The molecular formula is C17H21NO4. The maximum atomic E-state index is 12.3. The first kappa shape index (κ1) is 14.9. The molecule has 5 heteroatoms. The second-order valence-electron chi connectivity index (χ2n) is 6.06. The van der Waals surface area contributed by atoms with Crippen LogP contribution in [-0.4, -0.2) is 36.7 Å². The van der Waals surface area contributed by atoms with Crippen molar-refractivity contribution in [2.24, 2.45) is 11.8 Å². The van der Waals surface area contributed by atoms with Crippen LogP contribution in [0.25, 0.3) is 0 Å². The number of rotatable bonds is 4.